The molecule has 0 unspecified atom stereocenters. The lowest BCUT2D eigenvalue weighted by Crippen LogP contribution is -2.72. The molecule has 0 bridgehead atoms. The van der Waals surface area contributed by atoms with Crippen LogP contribution >= 0.6 is 24.0 Å². The molecule has 1 aliphatic heterocycles. The van der Waals surface area contributed by atoms with Crippen molar-refractivity contribution in [2.45, 2.75) is 39.4 Å². The van der Waals surface area contributed by atoms with Gasteiger partial charge in [-0.15, -0.1) is 24.0 Å². The average Bonchev–Trinajstić information content (AvgIpc) is 2.30. The van der Waals surface area contributed by atoms with Crippen LogP contribution in [0.1, 0.15) is 27.7 Å². The Hall–Kier alpha value is -0.250. The predicted octanol–water partition coefficient (Wildman–Crippen LogP) is 2.79. The van der Waals surface area contributed by atoms with Crippen molar-refractivity contribution < 1.29 is 13.2 Å². The third-order valence-electron chi connectivity index (χ3n) is 4.58. The second-order valence-electron chi connectivity index (χ2n) is 6.86. The van der Waals surface area contributed by atoms with E-state index in [0.717, 1.165) is 12.5 Å². The number of likely N-dealkylation sites (N-methyl/N-ethyl adjacent to an activating group) is 1. The van der Waals surface area contributed by atoms with Crippen molar-refractivity contribution in [3.8, 4) is 0 Å². The number of hydrogen-bond donors (Lipinski definition) is 1. The largest absolute Gasteiger partial charge is 0.401 e. The van der Waals surface area contributed by atoms with Crippen LogP contribution in [0.15, 0.2) is 4.99 Å². The van der Waals surface area contributed by atoms with E-state index in [2.05, 4.69) is 42.9 Å². The molecule has 0 aromatic heterocycles. The molecule has 1 N–H and O–H groups in total. The predicted molar refractivity (Wildman–Crippen MR) is 94.9 cm³/mol. The lowest BCUT2D eigenvalue weighted by atomic mass is 9.65. The van der Waals surface area contributed by atoms with Crippen molar-refractivity contribution in [1.82, 2.24) is 15.1 Å². The smallest absolute Gasteiger partial charge is 0.355 e. The van der Waals surface area contributed by atoms with Gasteiger partial charge in [-0.2, -0.15) is 13.2 Å². The summed E-state index contributed by atoms with van der Waals surface area (Å²) in [6.45, 7) is 9.45. The number of alkyl halides is 3. The quantitative estimate of drug-likeness (QED) is 0.418. The second-order valence-corrected chi connectivity index (χ2v) is 6.86. The van der Waals surface area contributed by atoms with Crippen molar-refractivity contribution in [3.63, 3.8) is 0 Å². The van der Waals surface area contributed by atoms with Crippen molar-refractivity contribution in [3.05, 3.63) is 0 Å². The van der Waals surface area contributed by atoms with Gasteiger partial charge in [0.05, 0.1) is 6.54 Å². The van der Waals surface area contributed by atoms with Gasteiger partial charge in [-0.1, -0.05) is 13.8 Å². The number of nitrogens with one attached hydrogen (secondary N) is 1. The van der Waals surface area contributed by atoms with E-state index in [-0.39, 0.29) is 34.9 Å². The van der Waals surface area contributed by atoms with Crippen LogP contribution in [0.4, 0.5) is 13.2 Å². The second kappa shape index (κ2) is 7.55. The highest BCUT2D eigenvalue weighted by Gasteiger charge is 2.53. The van der Waals surface area contributed by atoms with Gasteiger partial charge >= 0.3 is 6.18 Å². The highest BCUT2D eigenvalue weighted by Crippen LogP contribution is 2.46. The molecule has 0 amide bonds. The Labute approximate surface area is 148 Å². The van der Waals surface area contributed by atoms with E-state index in [1.165, 1.54) is 11.9 Å². The minimum Gasteiger partial charge on any atom is -0.355 e. The molecule has 0 aliphatic carbocycles. The fourth-order valence-corrected chi connectivity index (χ4v) is 2.44. The van der Waals surface area contributed by atoms with Gasteiger partial charge in [-0.25, -0.2) is 0 Å². The summed E-state index contributed by atoms with van der Waals surface area (Å²) in [5, 5.41) is 3.15. The van der Waals surface area contributed by atoms with Crippen molar-refractivity contribution >= 4 is 29.9 Å². The van der Waals surface area contributed by atoms with E-state index in [1.807, 2.05) is 0 Å². The summed E-state index contributed by atoms with van der Waals surface area (Å²) in [6.07, 6.45) is -4.15. The Morgan fingerprint density at radius 1 is 1.27 bits per heavy atom. The zero-order valence-corrected chi connectivity index (χ0v) is 16.5. The molecule has 0 aromatic carbocycles. The SMILES string of the molecule is CN=C(NCCN(C)CC(F)(F)F)N1CC(C)(C)C1(C)C.I. The minimum absolute atomic E-state index is 0. The molecule has 0 saturated carbocycles. The van der Waals surface area contributed by atoms with Crippen LogP contribution in [0.3, 0.4) is 0 Å². The molecular formula is C14H28F3IN4. The number of halogens is 4. The normalized spacial score (nSPS) is 20.5. The maximum absolute atomic E-state index is 12.2. The van der Waals surface area contributed by atoms with Gasteiger partial charge in [0.2, 0.25) is 0 Å². The Morgan fingerprint density at radius 2 is 1.82 bits per heavy atom. The number of nitrogens with zero attached hydrogens (tertiary/aromatic N) is 3. The number of rotatable bonds is 4. The molecule has 1 rings (SSSR count). The Balaban J connectivity index is 0.00000441. The first kappa shape index (κ1) is 21.8. The van der Waals surface area contributed by atoms with E-state index >= 15 is 0 Å². The Morgan fingerprint density at radius 3 is 2.18 bits per heavy atom. The standard InChI is InChI=1S/C14H27F3N4.HI/c1-12(2)9-21(13(12,3)4)11(18-5)19-7-8-20(6)10-14(15,16)17;/h7-10H2,1-6H3,(H,18,19);1H. The molecule has 1 aliphatic rings. The molecule has 22 heavy (non-hydrogen) atoms. The zero-order chi connectivity index (χ0) is 16.5. The zero-order valence-electron chi connectivity index (χ0n) is 14.2. The summed E-state index contributed by atoms with van der Waals surface area (Å²) in [5.41, 5.74) is 0.171. The van der Waals surface area contributed by atoms with Crippen LogP contribution in [0.25, 0.3) is 0 Å². The molecular weight excluding hydrogens is 408 g/mol. The number of guanidine groups is 1. The molecule has 0 aromatic rings. The fourth-order valence-electron chi connectivity index (χ4n) is 2.44. The summed E-state index contributed by atoms with van der Waals surface area (Å²) in [7, 11) is 3.16. The summed E-state index contributed by atoms with van der Waals surface area (Å²) in [6, 6.07) is 0. The van der Waals surface area contributed by atoms with Gasteiger partial charge in [0, 0.05) is 37.6 Å². The van der Waals surface area contributed by atoms with E-state index < -0.39 is 12.7 Å². The number of hydrogen-bond acceptors (Lipinski definition) is 2. The first-order chi connectivity index (χ1) is 9.40. The van der Waals surface area contributed by atoms with Crippen molar-refractivity contribution in [2.75, 3.05) is 40.3 Å². The van der Waals surface area contributed by atoms with Gasteiger partial charge in [0.15, 0.2) is 5.96 Å². The number of aliphatic imine (C=N–C) groups is 1. The van der Waals surface area contributed by atoms with Crippen molar-refractivity contribution in [2.24, 2.45) is 10.4 Å². The Bertz CT molecular complexity index is 394. The third kappa shape index (κ3) is 5.14. The summed E-state index contributed by atoms with van der Waals surface area (Å²) < 4.78 is 36.7. The summed E-state index contributed by atoms with van der Waals surface area (Å²) in [5.74, 6) is 0.750. The molecule has 1 heterocycles. The van der Waals surface area contributed by atoms with Gasteiger partial charge in [-0.3, -0.25) is 9.89 Å². The van der Waals surface area contributed by atoms with E-state index in [9.17, 15) is 13.2 Å². The van der Waals surface area contributed by atoms with Gasteiger partial charge in [-0.05, 0) is 20.9 Å². The van der Waals surface area contributed by atoms with E-state index in [1.54, 1.807) is 7.05 Å². The van der Waals surface area contributed by atoms with Gasteiger partial charge < -0.3 is 10.2 Å². The van der Waals surface area contributed by atoms with Gasteiger partial charge in [0.25, 0.3) is 0 Å². The molecule has 0 radical (unpaired) electrons. The molecule has 1 saturated heterocycles. The summed E-state index contributed by atoms with van der Waals surface area (Å²) >= 11 is 0. The number of likely N-dealkylation sites (tertiary alicyclic amines) is 1. The minimum atomic E-state index is -4.15. The van der Waals surface area contributed by atoms with Crippen LogP contribution in [-0.2, 0) is 0 Å². The lowest BCUT2D eigenvalue weighted by Gasteiger charge is -2.62. The molecule has 132 valence electrons. The first-order valence-corrected chi connectivity index (χ1v) is 7.14. The molecule has 0 spiro atoms. The highest BCUT2D eigenvalue weighted by molar-refractivity contribution is 14.0. The Kier molecular flexibility index (Phi) is 7.46. The van der Waals surface area contributed by atoms with Crippen LogP contribution < -0.4 is 5.32 Å². The highest BCUT2D eigenvalue weighted by atomic mass is 127. The maximum atomic E-state index is 12.2. The van der Waals surface area contributed by atoms with Crippen LogP contribution in [0.5, 0.6) is 0 Å². The fraction of sp³-hybridized carbons (Fsp3) is 0.929. The molecule has 4 nitrogen and oxygen atoms in total. The maximum Gasteiger partial charge on any atom is 0.401 e. The van der Waals surface area contributed by atoms with Crippen LogP contribution in [0.2, 0.25) is 0 Å². The first-order valence-electron chi connectivity index (χ1n) is 7.14. The lowest BCUT2D eigenvalue weighted by molar-refractivity contribution is -0.142. The van der Waals surface area contributed by atoms with Gasteiger partial charge in [0.1, 0.15) is 0 Å². The third-order valence-corrected chi connectivity index (χ3v) is 4.58. The molecule has 0 atom stereocenters. The molecule has 8 heteroatoms. The van der Waals surface area contributed by atoms with Crippen molar-refractivity contribution in [1.29, 1.82) is 0 Å². The summed E-state index contributed by atoms with van der Waals surface area (Å²) in [4.78, 5) is 7.65. The monoisotopic (exact) mass is 436 g/mol. The van der Waals surface area contributed by atoms with E-state index in [4.69, 9.17) is 0 Å². The van der Waals surface area contributed by atoms with Crippen LogP contribution in [0, 0.1) is 5.41 Å². The topological polar surface area (TPSA) is 30.9 Å². The van der Waals surface area contributed by atoms with Crippen LogP contribution in [-0.4, -0.2) is 67.7 Å². The molecule has 1 fully saturated rings. The average molecular weight is 436 g/mol. The van der Waals surface area contributed by atoms with E-state index in [0.29, 0.717) is 13.1 Å².